The van der Waals surface area contributed by atoms with Crippen LogP contribution < -0.4 is 25.8 Å². The quantitative estimate of drug-likeness (QED) is 0.294. The zero-order valence-corrected chi connectivity index (χ0v) is 33.0. The molecule has 58 heavy (non-hydrogen) atoms. The van der Waals surface area contributed by atoms with Crippen LogP contribution in [0.15, 0.2) is 60.2 Å². The van der Waals surface area contributed by atoms with E-state index in [1.165, 1.54) is 7.05 Å². The molecule has 0 bridgehead atoms. The molecule has 3 N–H and O–H groups in total. The molecule has 18 heteroatoms. The Morgan fingerprint density at radius 3 is 2.45 bits per heavy atom. The summed E-state index contributed by atoms with van der Waals surface area (Å²) in [5.74, 6) is -1.12. The normalized spacial score (nSPS) is 24.0. The highest BCUT2D eigenvalue weighted by Gasteiger charge is 2.45. The number of carbonyl (C=O) groups excluding carboxylic acids is 6. The zero-order chi connectivity index (χ0) is 40.7. The van der Waals surface area contributed by atoms with Crippen LogP contribution in [0.3, 0.4) is 0 Å². The van der Waals surface area contributed by atoms with Crippen LogP contribution in [-0.2, 0) is 23.9 Å². The maximum absolute atomic E-state index is 13.3. The summed E-state index contributed by atoms with van der Waals surface area (Å²) >= 11 is 6.56. The Hall–Kier alpha value is -5.81. The van der Waals surface area contributed by atoms with Crippen molar-refractivity contribution in [2.45, 2.75) is 37.8 Å². The van der Waals surface area contributed by atoms with Gasteiger partial charge in [-0.15, -0.1) is 0 Å². The Labute approximate surface area is 340 Å². The Balaban J connectivity index is 0.827. The van der Waals surface area contributed by atoms with Gasteiger partial charge in [-0.1, -0.05) is 23.8 Å². The number of hydrogen-bond acceptors (Lipinski definition) is 13. The molecule has 1 aromatic heterocycles. The molecule has 6 aliphatic rings. The van der Waals surface area contributed by atoms with Crippen LogP contribution in [0.5, 0.6) is 0 Å². The van der Waals surface area contributed by atoms with E-state index in [9.17, 15) is 28.8 Å². The predicted octanol–water partition coefficient (Wildman–Crippen LogP) is 1.54. The van der Waals surface area contributed by atoms with Crippen molar-refractivity contribution in [3.05, 3.63) is 76.3 Å². The second kappa shape index (κ2) is 16.2. The monoisotopic (exact) mass is 812 g/mol. The number of amides is 6. The fourth-order valence-corrected chi connectivity index (χ4v) is 8.59. The number of hydrogen-bond donors (Lipinski definition) is 3. The molecule has 3 saturated heterocycles. The van der Waals surface area contributed by atoms with Gasteiger partial charge in [-0.25, -0.2) is 4.98 Å². The summed E-state index contributed by atoms with van der Waals surface area (Å²) < 4.78 is 5.53. The third-order valence-electron chi connectivity index (χ3n) is 11.8. The van der Waals surface area contributed by atoms with E-state index in [0.29, 0.717) is 28.3 Å². The number of carbonyl (C=O) groups is 6. The van der Waals surface area contributed by atoms with Crippen LogP contribution in [0, 0.1) is 11.8 Å². The SMILES string of the molecule is CNC(=O)COC1=CC2C=C(Nc3nc(N4CCN(CC5CCN(c6ccc7c(c6)C(=O)N(C6CCC(=O)NC6=O)C7=O)CC5)CC4)ncc3Cl)C=CC2N(C)C1=O. The predicted molar refractivity (Wildman–Crippen MR) is 213 cm³/mol. The van der Waals surface area contributed by atoms with Gasteiger partial charge in [0.2, 0.25) is 17.8 Å². The van der Waals surface area contributed by atoms with Crippen LogP contribution in [-0.4, -0.2) is 139 Å². The van der Waals surface area contributed by atoms with Crippen molar-refractivity contribution in [1.82, 2.24) is 35.3 Å². The molecular weight excluding hydrogens is 768 g/mol. The van der Waals surface area contributed by atoms with E-state index in [-0.39, 0.29) is 54.5 Å². The summed E-state index contributed by atoms with van der Waals surface area (Å²) in [6.07, 6.45) is 11.3. The second-order valence-electron chi connectivity index (χ2n) is 15.3. The summed E-state index contributed by atoms with van der Waals surface area (Å²) in [4.78, 5) is 93.9. The van der Waals surface area contributed by atoms with E-state index in [1.807, 2.05) is 24.3 Å². The number of piperidine rings is 2. The molecule has 5 aliphatic heterocycles. The van der Waals surface area contributed by atoms with Crippen molar-refractivity contribution in [3.63, 3.8) is 0 Å². The molecule has 8 rings (SSSR count). The minimum atomic E-state index is -0.983. The van der Waals surface area contributed by atoms with Crippen molar-refractivity contribution < 1.29 is 33.5 Å². The number of allylic oxidation sites excluding steroid dienone is 1. The highest BCUT2D eigenvalue weighted by atomic mass is 35.5. The summed E-state index contributed by atoms with van der Waals surface area (Å²) in [5.41, 5.74) is 2.21. The summed E-state index contributed by atoms with van der Waals surface area (Å²) in [6.45, 7) is 5.61. The topological polar surface area (TPSA) is 190 Å². The smallest absolute Gasteiger partial charge is 0.288 e. The van der Waals surface area contributed by atoms with Crippen LogP contribution in [0.2, 0.25) is 5.02 Å². The third-order valence-corrected chi connectivity index (χ3v) is 12.0. The Morgan fingerprint density at radius 2 is 1.71 bits per heavy atom. The number of aromatic nitrogens is 2. The lowest BCUT2D eigenvalue weighted by Gasteiger charge is -2.39. The van der Waals surface area contributed by atoms with Crippen molar-refractivity contribution in [3.8, 4) is 0 Å². The Morgan fingerprint density at radius 1 is 0.948 bits per heavy atom. The van der Waals surface area contributed by atoms with Crippen molar-refractivity contribution in [2.75, 3.05) is 81.6 Å². The van der Waals surface area contributed by atoms with Gasteiger partial charge in [0, 0.05) is 83.6 Å². The molecule has 6 heterocycles. The average molecular weight is 813 g/mol. The third kappa shape index (κ3) is 7.75. The van der Waals surface area contributed by atoms with E-state index in [0.717, 1.165) is 74.9 Å². The van der Waals surface area contributed by atoms with Crippen molar-refractivity contribution in [1.29, 1.82) is 0 Å². The molecule has 3 atom stereocenters. The fourth-order valence-electron chi connectivity index (χ4n) is 8.45. The highest BCUT2D eigenvalue weighted by molar-refractivity contribution is 6.32. The van der Waals surface area contributed by atoms with Crippen LogP contribution in [0.25, 0.3) is 0 Å². The van der Waals surface area contributed by atoms with E-state index in [4.69, 9.17) is 21.3 Å². The first-order chi connectivity index (χ1) is 28.0. The van der Waals surface area contributed by atoms with Gasteiger partial charge < -0.3 is 30.1 Å². The van der Waals surface area contributed by atoms with Gasteiger partial charge in [-0.05, 0) is 55.5 Å². The van der Waals surface area contributed by atoms with E-state index < -0.39 is 29.7 Å². The van der Waals surface area contributed by atoms with E-state index >= 15 is 0 Å². The van der Waals surface area contributed by atoms with E-state index in [2.05, 4.69) is 35.6 Å². The number of rotatable bonds is 10. The van der Waals surface area contributed by atoms with Gasteiger partial charge in [-0.2, -0.15) is 4.98 Å². The molecule has 1 aliphatic carbocycles. The maximum Gasteiger partial charge on any atom is 0.288 e. The zero-order valence-electron chi connectivity index (χ0n) is 32.3. The number of imide groups is 2. The first kappa shape index (κ1) is 39.0. The lowest BCUT2D eigenvalue weighted by atomic mass is 9.89. The minimum Gasteiger partial charge on any atom is -0.478 e. The first-order valence-corrected chi connectivity index (χ1v) is 19.9. The lowest BCUT2D eigenvalue weighted by Crippen LogP contribution is -2.54. The molecule has 304 valence electrons. The standard InChI is InChI=1S/C40H45ClN10O7/c1-42-34(53)22-58-32-18-24-17-25(3-6-30(24)47(2)39(32)57)44-35-29(41)20-43-40(46-35)50-15-13-48(14-16-50)21-23-9-11-49(12-10-23)26-4-5-27-28(19-26)38(56)51(37(27)55)31-7-8-33(52)45-36(31)54/h3-6,17-20,23-24,30-31H,7-16,21-22H2,1-2H3,(H,42,53)(H,43,44,46)(H,45,52,54). The number of fused-ring (bicyclic) bond motifs is 2. The highest BCUT2D eigenvalue weighted by Crippen LogP contribution is 2.34. The number of anilines is 3. The molecule has 0 radical (unpaired) electrons. The van der Waals surface area contributed by atoms with E-state index in [1.54, 1.807) is 36.4 Å². The fraction of sp³-hybridized carbons (Fsp3) is 0.450. The largest absolute Gasteiger partial charge is 0.478 e. The Bertz CT molecular complexity index is 2140. The number of likely N-dealkylation sites (N-methyl/N-ethyl adjacent to an activating group) is 2. The lowest BCUT2D eigenvalue weighted by molar-refractivity contribution is -0.136. The minimum absolute atomic E-state index is 0.0832. The molecule has 1 aromatic carbocycles. The molecule has 0 spiro atoms. The molecule has 6 amide bonds. The van der Waals surface area contributed by atoms with Crippen molar-refractivity contribution in [2.24, 2.45) is 11.8 Å². The molecular formula is C40H45ClN10O7. The number of halogens is 1. The second-order valence-corrected chi connectivity index (χ2v) is 15.8. The van der Waals surface area contributed by atoms with Gasteiger partial charge in [0.15, 0.2) is 18.2 Å². The summed E-state index contributed by atoms with van der Waals surface area (Å²) in [5, 5.41) is 8.43. The van der Waals surface area contributed by atoms with Crippen molar-refractivity contribution >= 4 is 64.5 Å². The summed E-state index contributed by atoms with van der Waals surface area (Å²) in [7, 11) is 3.22. The Kier molecular flexibility index (Phi) is 10.9. The maximum atomic E-state index is 13.3. The van der Waals surface area contributed by atoms with Gasteiger partial charge in [0.05, 0.1) is 23.4 Å². The molecule has 2 aromatic rings. The van der Waals surface area contributed by atoms with Crippen LogP contribution in [0.4, 0.5) is 17.5 Å². The van der Waals surface area contributed by atoms with Gasteiger partial charge in [0.25, 0.3) is 23.6 Å². The van der Waals surface area contributed by atoms with Crippen LogP contribution >= 0.6 is 11.6 Å². The van der Waals surface area contributed by atoms with Gasteiger partial charge in [0.1, 0.15) is 11.1 Å². The molecule has 3 fully saturated rings. The number of piperazine rings is 1. The summed E-state index contributed by atoms with van der Waals surface area (Å²) in [6, 6.07) is 4.12. The average Bonchev–Trinajstić information content (AvgIpc) is 3.47. The number of ether oxygens (including phenoxy) is 1. The number of nitrogens with zero attached hydrogens (tertiary/aromatic N) is 7. The van der Waals surface area contributed by atoms with Gasteiger partial charge in [-0.3, -0.25) is 43.9 Å². The molecule has 0 saturated carbocycles. The van der Waals surface area contributed by atoms with Gasteiger partial charge >= 0.3 is 0 Å². The molecule has 3 unspecified atom stereocenters. The number of benzene rings is 1. The molecule has 17 nitrogen and oxygen atoms in total. The first-order valence-electron chi connectivity index (χ1n) is 19.6. The number of nitrogens with one attached hydrogen (secondary N) is 3. The van der Waals surface area contributed by atoms with Crippen LogP contribution in [0.1, 0.15) is 46.4 Å².